The lowest BCUT2D eigenvalue weighted by Crippen LogP contribution is -2.36. The van der Waals surface area contributed by atoms with Crippen LogP contribution in [0.15, 0.2) is 47.4 Å². The largest absolute Gasteiger partial charge is 0.378 e. The van der Waals surface area contributed by atoms with Crippen LogP contribution in [0.3, 0.4) is 0 Å². The third kappa shape index (κ3) is 4.91. The molecule has 2 aromatic rings. The summed E-state index contributed by atoms with van der Waals surface area (Å²) in [5.74, 6) is -0.219. The number of rotatable bonds is 5. The number of amides is 2. The number of hydrogen-bond acceptors (Lipinski definition) is 5. The molecule has 0 bridgehead atoms. The fourth-order valence-corrected chi connectivity index (χ4v) is 4.82. The second kappa shape index (κ2) is 9.29. The molecule has 2 aliphatic heterocycles. The van der Waals surface area contributed by atoms with Crippen LogP contribution in [0.5, 0.6) is 0 Å². The Kier molecular flexibility index (Phi) is 6.51. The third-order valence-electron chi connectivity index (χ3n) is 5.28. The van der Waals surface area contributed by atoms with Gasteiger partial charge in [-0.05, 0) is 35.9 Å². The van der Waals surface area contributed by atoms with E-state index in [2.05, 4.69) is 34.5 Å². The van der Waals surface area contributed by atoms with Gasteiger partial charge in [0.1, 0.15) is 0 Å². The molecule has 8 heteroatoms. The lowest BCUT2D eigenvalue weighted by Gasteiger charge is -2.29. The van der Waals surface area contributed by atoms with Gasteiger partial charge in [0.05, 0.1) is 24.2 Å². The minimum absolute atomic E-state index is 0.0580. The van der Waals surface area contributed by atoms with Crippen LogP contribution in [0.2, 0.25) is 5.02 Å². The molecule has 0 aliphatic carbocycles. The Morgan fingerprint density at radius 3 is 2.70 bits per heavy atom. The van der Waals surface area contributed by atoms with E-state index in [1.54, 1.807) is 24.1 Å². The van der Waals surface area contributed by atoms with Crippen molar-refractivity contribution in [3.05, 3.63) is 53.1 Å². The Morgan fingerprint density at radius 1 is 1.23 bits per heavy atom. The number of ether oxygens (including phenoxy) is 1. The molecular formula is C22H24ClN3O3S. The monoisotopic (exact) mass is 445 g/mol. The number of morpholine rings is 1. The smallest absolute Gasteiger partial charge is 0.238 e. The van der Waals surface area contributed by atoms with Gasteiger partial charge in [-0.15, -0.1) is 11.8 Å². The summed E-state index contributed by atoms with van der Waals surface area (Å²) in [6.45, 7) is 3.81. The summed E-state index contributed by atoms with van der Waals surface area (Å²) in [7, 11) is 1.78. The van der Waals surface area contributed by atoms with Gasteiger partial charge in [-0.3, -0.25) is 9.59 Å². The van der Waals surface area contributed by atoms with Crippen LogP contribution in [-0.4, -0.2) is 55.3 Å². The molecule has 1 fully saturated rings. The Labute approximate surface area is 185 Å². The third-order valence-corrected chi connectivity index (χ3v) is 6.79. The second-order valence-corrected chi connectivity index (χ2v) is 9.14. The summed E-state index contributed by atoms with van der Waals surface area (Å²) in [4.78, 5) is 30.0. The van der Waals surface area contributed by atoms with Gasteiger partial charge in [0.25, 0.3) is 0 Å². The van der Waals surface area contributed by atoms with Crippen molar-refractivity contribution in [2.45, 2.75) is 23.1 Å². The maximum Gasteiger partial charge on any atom is 0.238 e. The van der Waals surface area contributed by atoms with Crippen LogP contribution in [0.4, 0.5) is 11.4 Å². The van der Waals surface area contributed by atoms with E-state index in [1.165, 1.54) is 17.4 Å². The summed E-state index contributed by atoms with van der Waals surface area (Å²) in [6, 6.07) is 13.7. The number of carbonyl (C=O) groups is 2. The van der Waals surface area contributed by atoms with Gasteiger partial charge in [-0.1, -0.05) is 23.7 Å². The molecule has 6 nitrogen and oxygen atoms in total. The summed E-state index contributed by atoms with van der Waals surface area (Å²) in [5.41, 5.74) is 2.93. The van der Waals surface area contributed by atoms with Crippen molar-refractivity contribution in [2.75, 3.05) is 43.6 Å². The van der Waals surface area contributed by atoms with E-state index in [9.17, 15) is 9.59 Å². The highest BCUT2D eigenvalue weighted by Crippen LogP contribution is 2.38. The van der Waals surface area contributed by atoms with E-state index in [-0.39, 0.29) is 18.2 Å². The summed E-state index contributed by atoms with van der Waals surface area (Å²) in [6.07, 6.45) is 0.154. The number of fused-ring (bicyclic) bond motifs is 1. The molecule has 30 heavy (non-hydrogen) atoms. The quantitative estimate of drug-likeness (QED) is 0.761. The van der Waals surface area contributed by atoms with E-state index in [0.29, 0.717) is 17.3 Å². The van der Waals surface area contributed by atoms with Crippen molar-refractivity contribution < 1.29 is 14.3 Å². The number of hydrogen-bond donors (Lipinski definition) is 1. The SMILES string of the molecule is CN(Cc1ccc(N2CCOCC2)cc1)C(=O)CC1Sc2ccc(Cl)cc2NC1=O. The van der Waals surface area contributed by atoms with Gasteiger partial charge in [-0.25, -0.2) is 0 Å². The molecule has 0 radical (unpaired) electrons. The fraction of sp³-hybridized carbons (Fsp3) is 0.364. The minimum atomic E-state index is -0.447. The Balaban J connectivity index is 1.33. The van der Waals surface area contributed by atoms with Crippen molar-refractivity contribution in [1.29, 1.82) is 0 Å². The van der Waals surface area contributed by atoms with Crippen LogP contribution in [0.1, 0.15) is 12.0 Å². The first kappa shape index (κ1) is 21.0. The average molecular weight is 446 g/mol. The maximum atomic E-state index is 12.7. The van der Waals surface area contributed by atoms with E-state index >= 15 is 0 Å². The first-order chi connectivity index (χ1) is 14.5. The molecule has 2 aromatic carbocycles. The highest BCUT2D eigenvalue weighted by atomic mass is 35.5. The van der Waals surface area contributed by atoms with Gasteiger partial charge in [0.2, 0.25) is 11.8 Å². The highest BCUT2D eigenvalue weighted by Gasteiger charge is 2.30. The lowest BCUT2D eigenvalue weighted by molar-refractivity contribution is -0.131. The number of halogens is 1. The summed E-state index contributed by atoms with van der Waals surface area (Å²) >= 11 is 7.40. The number of thioether (sulfide) groups is 1. The number of benzene rings is 2. The Bertz CT molecular complexity index is 932. The summed E-state index contributed by atoms with van der Waals surface area (Å²) < 4.78 is 5.40. The molecule has 2 aliphatic rings. The molecule has 0 spiro atoms. The predicted octanol–water partition coefficient (Wildman–Crippen LogP) is 3.64. The van der Waals surface area contributed by atoms with Gasteiger partial charge >= 0.3 is 0 Å². The molecule has 158 valence electrons. The van der Waals surface area contributed by atoms with Crippen LogP contribution in [0, 0.1) is 0 Å². The molecule has 0 saturated carbocycles. The van der Waals surface area contributed by atoms with Crippen molar-refractivity contribution in [3.8, 4) is 0 Å². The van der Waals surface area contributed by atoms with Crippen molar-refractivity contribution >= 4 is 46.6 Å². The molecule has 1 saturated heterocycles. The van der Waals surface area contributed by atoms with Crippen LogP contribution in [-0.2, 0) is 20.9 Å². The molecule has 1 atom stereocenters. The van der Waals surface area contributed by atoms with Crippen LogP contribution < -0.4 is 10.2 Å². The van der Waals surface area contributed by atoms with Crippen LogP contribution >= 0.6 is 23.4 Å². The second-order valence-electron chi connectivity index (χ2n) is 7.46. The van der Waals surface area contributed by atoms with Crippen molar-refractivity contribution in [2.24, 2.45) is 0 Å². The zero-order chi connectivity index (χ0) is 21.1. The normalized spacial score (nSPS) is 18.5. The van der Waals surface area contributed by atoms with Gasteiger partial charge < -0.3 is 19.9 Å². The topological polar surface area (TPSA) is 61.9 Å². The molecule has 0 aromatic heterocycles. The minimum Gasteiger partial charge on any atom is -0.378 e. The Morgan fingerprint density at radius 2 is 1.97 bits per heavy atom. The average Bonchev–Trinajstić information content (AvgIpc) is 2.75. The molecule has 4 rings (SSSR count). The standard InChI is InChI=1S/C22H24ClN3O3S/c1-25(14-15-2-5-17(6-3-15)26-8-10-29-11-9-26)21(27)13-20-22(28)24-18-12-16(23)4-7-19(18)30-20/h2-7,12,20H,8-11,13-14H2,1H3,(H,24,28). The van der Waals surface area contributed by atoms with E-state index in [1.807, 2.05) is 6.07 Å². The first-order valence-corrected chi connectivity index (χ1v) is 11.2. The number of nitrogens with one attached hydrogen (secondary N) is 1. The molecule has 2 amide bonds. The van der Waals surface area contributed by atoms with Crippen molar-refractivity contribution in [3.63, 3.8) is 0 Å². The Hall–Kier alpha value is -2.22. The van der Waals surface area contributed by atoms with Gasteiger partial charge in [-0.2, -0.15) is 0 Å². The molecule has 1 unspecified atom stereocenters. The summed E-state index contributed by atoms with van der Waals surface area (Å²) in [5, 5.41) is 2.98. The van der Waals surface area contributed by atoms with E-state index < -0.39 is 5.25 Å². The maximum absolute atomic E-state index is 12.7. The zero-order valence-corrected chi connectivity index (χ0v) is 18.3. The van der Waals surface area contributed by atoms with E-state index in [0.717, 1.165) is 36.8 Å². The predicted molar refractivity (Wildman–Crippen MR) is 120 cm³/mol. The van der Waals surface area contributed by atoms with E-state index in [4.69, 9.17) is 16.3 Å². The van der Waals surface area contributed by atoms with Gasteiger partial charge in [0.15, 0.2) is 0 Å². The van der Waals surface area contributed by atoms with Crippen molar-refractivity contribution in [1.82, 2.24) is 4.90 Å². The van der Waals surface area contributed by atoms with Gasteiger partial charge in [0, 0.05) is 48.7 Å². The number of anilines is 2. The zero-order valence-electron chi connectivity index (χ0n) is 16.8. The highest BCUT2D eigenvalue weighted by molar-refractivity contribution is 8.01. The molecule has 1 N–H and O–H groups in total. The fourth-order valence-electron chi connectivity index (χ4n) is 3.57. The molecule has 2 heterocycles. The number of carbonyl (C=O) groups excluding carboxylic acids is 2. The molecular weight excluding hydrogens is 422 g/mol. The number of nitrogens with zero attached hydrogens (tertiary/aromatic N) is 2. The van der Waals surface area contributed by atoms with Crippen LogP contribution in [0.25, 0.3) is 0 Å². The first-order valence-electron chi connectivity index (χ1n) is 9.92. The lowest BCUT2D eigenvalue weighted by atomic mass is 10.1.